The van der Waals surface area contributed by atoms with Gasteiger partial charge in [-0.1, -0.05) is 0 Å². The molecule has 1 unspecified atom stereocenters. The second-order valence-corrected chi connectivity index (χ2v) is 6.21. The van der Waals surface area contributed by atoms with Crippen molar-refractivity contribution < 1.29 is 8.42 Å². The summed E-state index contributed by atoms with van der Waals surface area (Å²) < 4.78 is 22.4. The highest BCUT2D eigenvalue weighted by Gasteiger charge is 2.27. The van der Waals surface area contributed by atoms with Crippen LogP contribution in [0.25, 0.3) is 0 Å². The molecule has 2 heterocycles. The standard InChI is InChI=1S/C9H13N3O3S/c13-9-3-8(5-11-12-9)10-4-7-1-2-16(14,15)6-7/h3,5,7H,1-2,4,6H2,(H2,10,12,13). The Hall–Kier alpha value is -1.37. The van der Waals surface area contributed by atoms with Crippen LogP contribution in [0.15, 0.2) is 17.1 Å². The monoisotopic (exact) mass is 243 g/mol. The molecule has 0 spiro atoms. The molecular formula is C9H13N3O3S. The number of aromatic nitrogens is 2. The van der Waals surface area contributed by atoms with Crippen LogP contribution < -0.4 is 10.9 Å². The molecule has 1 aliphatic rings. The van der Waals surface area contributed by atoms with Crippen LogP contribution in [-0.2, 0) is 9.84 Å². The molecule has 88 valence electrons. The highest BCUT2D eigenvalue weighted by atomic mass is 32.2. The Bertz CT molecular complexity index is 523. The van der Waals surface area contributed by atoms with E-state index in [1.54, 1.807) is 0 Å². The molecule has 2 N–H and O–H groups in total. The van der Waals surface area contributed by atoms with Crippen LogP contribution in [0.2, 0.25) is 0 Å². The summed E-state index contributed by atoms with van der Waals surface area (Å²) in [5.74, 6) is 0.633. The van der Waals surface area contributed by atoms with Crippen LogP contribution in [0, 0.1) is 5.92 Å². The second kappa shape index (κ2) is 4.25. The third-order valence-electron chi connectivity index (χ3n) is 2.59. The SMILES string of the molecule is O=c1cc(NCC2CCS(=O)(=O)C2)cn[nH]1. The Labute approximate surface area is 93.0 Å². The molecule has 1 atom stereocenters. The Morgan fingerprint density at radius 2 is 2.38 bits per heavy atom. The average molecular weight is 243 g/mol. The summed E-state index contributed by atoms with van der Waals surface area (Å²) in [5, 5.41) is 8.93. The molecule has 1 fully saturated rings. The summed E-state index contributed by atoms with van der Waals surface area (Å²) in [4.78, 5) is 10.9. The van der Waals surface area contributed by atoms with E-state index in [0.717, 1.165) is 0 Å². The molecular weight excluding hydrogens is 230 g/mol. The van der Waals surface area contributed by atoms with E-state index in [4.69, 9.17) is 0 Å². The van der Waals surface area contributed by atoms with Crippen molar-refractivity contribution in [2.75, 3.05) is 23.4 Å². The van der Waals surface area contributed by atoms with Gasteiger partial charge in [-0.25, -0.2) is 13.5 Å². The summed E-state index contributed by atoms with van der Waals surface area (Å²) in [6, 6.07) is 1.40. The maximum atomic E-state index is 11.2. The minimum absolute atomic E-state index is 0.129. The van der Waals surface area contributed by atoms with Crippen LogP contribution in [-0.4, -0.2) is 36.7 Å². The fourth-order valence-corrected chi connectivity index (χ4v) is 3.63. The van der Waals surface area contributed by atoms with Crippen LogP contribution in [0.3, 0.4) is 0 Å². The van der Waals surface area contributed by atoms with Gasteiger partial charge in [0.1, 0.15) is 0 Å². The Balaban J connectivity index is 1.91. The van der Waals surface area contributed by atoms with E-state index < -0.39 is 9.84 Å². The first kappa shape index (κ1) is 11.1. The van der Waals surface area contributed by atoms with Crippen molar-refractivity contribution >= 4 is 15.5 Å². The Morgan fingerprint density at radius 3 is 3.00 bits per heavy atom. The zero-order valence-corrected chi connectivity index (χ0v) is 9.46. The highest BCUT2D eigenvalue weighted by Crippen LogP contribution is 2.18. The van der Waals surface area contributed by atoms with Gasteiger partial charge in [0.15, 0.2) is 9.84 Å². The first-order chi connectivity index (χ1) is 7.55. The van der Waals surface area contributed by atoms with Crippen LogP contribution in [0.1, 0.15) is 6.42 Å². The van der Waals surface area contributed by atoms with Crippen molar-refractivity contribution in [3.8, 4) is 0 Å². The molecule has 1 aromatic heterocycles. The third kappa shape index (κ3) is 2.82. The normalized spacial score (nSPS) is 23.1. The number of rotatable bonds is 3. The topological polar surface area (TPSA) is 91.9 Å². The number of anilines is 1. The number of sulfone groups is 1. The van der Waals surface area contributed by atoms with Gasteiger partial charge in [0, 0.05) is 12.6 Å². The molecule has 2 rings (SSSR count). The zero-order chi connectivity index (χ0) is 11.6. The lowest BCUT2D eigenvalue weighted by Gasteiger charge is -2.09. The molecule has 1 aliphatic heterocycles. The Morgan fingerprint density at radius 1 is 1.56 bits per heavy atom. The average Bonchev–Trinajstić information content (AvgIpc) is 2.56. The van der Waals surface area contributed by atoms with Crippen molar-refractivity contribution in [1.29, 1.82) is 0 Å². The molecule has 0 bridgehead atoms. The molecule has 0 aliphatic carbocycles. The summed E-state index contributed by atoms with van der Waals surface area (Å²) in [5.41, 5.74) is 0.345. The molecule has 1 saturated heterocycles. The minimum atomic E-state index is -2.83. The molecule has 6 nitrogen and oxygen atoms in total. The second-order valence-electron chi connectivity index (χ2n) is 3.98. The van der Waals surface area contributed by atoms with Crippen LogP contribution >= 0.6 is 0 Å². The largest absolute Gasteiger partial charge is 0.383 e. The van der Waals surface area contributed by atoms with Gasteiger partial charge in [0.25, 0.3) is 5.56 Å². The van der Waals surface area contributed by atoms with Gasteiger partial charge in [-0.2, -0.15) is 5.10 Å². The molecule has 7 heteroatoms. The number of H-pyrrole nitrogens is 1. The van der Waals surface area contributed by atoms with Crippen molar-refractivity contribution in [3.63, 3.8) is 0 Å². The van der Waals surface area contributed by atoms with Crippen LogP contribution in [0.5, 0.6) is 0 Å². The van der Waals surface area contributed by atoms with Crippen LogP contribution in [0.4, 0.5) is 5.69 Å². The maximum absolute atomic E-state index is 11.2. The summed E-state index contributed by atoms with van der Waals surface area (Å²) in [6.45, 7) is 0.560. The summed E-state index contributed by atoms with van der Waals surface area (Å²) in [7, 11) is -2.83. The molecule has 0 aromatic carbocycles. The van der Waals surface area contributed by atoms with E-state index in [0.29, 0.717) is 18.7 Å². The van der Waals surface area contributed by atoms with Crippen molar-refractivity contribution in [3.05, 3.63) is 22.6 Å². The first-order valence-corrected chi connectivity index (χ1v) is 6.86. The zero-order valence-electron chi connectivity index (χ0n) is 8.64. The predicted molar refractivity (Wildman–Crippen MR) is 60.1 cm³/mol. The van der Waals surface area contributed by atoms with Gasteiger partial charge >= 0.3 is 0 Å². The van der Waals surface area contributed by atoms with Crippen molar-refractivity contribution in [1.82, 2.24) is 10.2 Å². The molecule has 1 aromatic rings. The lowest BCUT2D eigenvalue weighted by molar-refractivity contribution is 0.596. The molecule has 0 radical (unpaired) electrons. The quantitative estimate of drug-likeness (QED) is 0.754. The molecule has 16 heavy (non-hydrogen) atoms. The van der Waals surface area contributed by atoms with Gasteiger partial charge in [0.05, 0.1) is 23.4 Å². The first-order valence-electron chi connectivity index (χ1n) is 5.04. The Kier molecular flexibility index (Phi) is 2.95. The number of hydrogen-bond acceptors (Lipinski definition) is 5. The van der Waals surface area contributed by atoms with Gasteiger partial charge in [-0.15, -0.1) is 0 Å². The fourth-order valence-electron chi connectivity index (χ4n) is 1.77. The van der Waals surface area contributed by atoms with E-state index in [1.807, 2.05) is 0 Å². The van der Waals surface area contributed by atoms with Gasteiger partial charge < -0.3 is 5.32 Å². The summed E-state index contributed by atoms with van der Waals surface area (Å²) >= 11 is 0. The maximum Gasteiger partial charge on any atom is 0.266 e. The highest BCUT2D eigenvalue weighted by molar-refractivity contribution is 7.91. The van der Waals surface area contributed by atoms with E-state index in [2.05, 4.69) is 15.5 Å². The molecule has 0 amide bonds. The molecule has 0 saturated carbocycles. The van der Waals surface area contributed by atoms with E-state index in [9.17, 15) is 13.2 Å². The minimum Gasteiger partial charge on any atom is -0.383 e. The van der Waals surface area contributed by atoms with E-state index >= 15 is 0 Å². The van der Waals surface area contributed by atoms with Gasteiger partial charge in [-0.05, 0) is 12.3 Å². The fraction of sp³-hybridized carbons (Fsp3) is 0.556. The third-order valence-corrected chi connectivity index (χ3v) is 4.42. The smallest absolute Gasteiger partial charge is 0.266 e. The lowest BCUT2D eigenvalue weighted by Crippen LogP contribution is -2.17. The van der Waals surface area contributed by atoms with E-state index in [-0.39, 0.29) is 23.0 Å². The van der Waals surface area contributed by atoms with Crippen molar-refractivity contribution in [2.45, 2.75) is 6.42 Å². The predicted octanol–water partition coefficient (Wildman–Crippen LogP) is -0.384. The summed E-state index contributed by atoms with van der Waals surface area (Å²) in [6.07, 6.45) is 2.19. The van der Waals surface area contributed by atoms with Crippen molar-refractivity contribution in [2.24, 2.45) is 5.92 Å². The number of hydrogen-bond donors (Lipinski definition) is 2. The van der Waals surface area contributed by atoms with Gasteiger partial charge in [0.2, 0.25) is 0 Å². The lowest BCUT2D eigenvalue weighted by atomic mass is 10.1. The number of nitrogens with one attached hydrogen (secondary N) is 2. The van der Waals surface area contributed by atoms with Gasteiger partial charge in [-0.3, -0.25) is 4.79 Å². The number of nitrogens with zero attached hydrogens (tertiary/aromatic N) is 1. The number of aromatic amines is 1. The van der Waals surface area contributed by atoms with E-state index in [1.165, 1.54) is 12.3 Å².